The van der Waals surface area contributed by atoms with Crippen LogP contribution in [0.1, 0.15) is 66.3 Å². The number of aromatic nitrogens is 3. The summed E-state index contributed by atoms with van der Waals surface area (Å²) in [4.78, 5) is 48.8. The van der Waals surface area contributed by atoms with Gasteiger partial charge in [-0.15, -0.1) is 0 Å². The number of nitrogens with one attached hydrogen (secondary N) is 2. The Kier molecular flexibility index (Phi) is 6.77. The number of hydrogen-bond acceptors (Lipinski definition) is 6. The lowest BCUT2D eigenvalue weighted by molar-refractivity contribution is -0.108. The molecule has 2 N–H and O–H groups in total. The van der Waals surface area contributed by atoms with Gasteiger partial charge in [0.25, 0.3) is 5.91 Å². The summed E-state index contributed by atoms with van der Waals surface area (Å²) in [5.41, 5.74) is 5.80. The first-order valence-electron chi connectivity index (χ1n) is 12.5. The van der Waals surface area contributed by atoms with Gasteiger partial charge in [0.1, 0.15) is 16.6 Å². The van der Waals surface area contributed by atoms with Crippen molar-refractivity contribution in [3.63, 3.8) is 0 Å². The average Bonchev–Trinajstić information content (AvgIpc) is 3.30. The molecule has 1 aliphatic rings. The summed E-state index contributed by atoms with van der Waals surface area (Å²) < 4.78 is 0. The van der Waals surface area contributed by atoms with E-state index in [0.717, 1.165) is 58.3 Å². The van der Waals surface area contributed by atoms with Crippen molar-refractivity contribution in [1.29, 1.82) is 0 Å². The second-order valence-corrected chi connectivity index (χ2v) is 11.7. The Balaban J connectivity index is 1.35. The van der Waals surface area contributed by atoms with Crippen molar-refractivity contribution in [2.75, 3.05) is 0 Å². The summed E-state index contributed by atoms with van der Waals surface area (Å²) in [6, 6.07) is 12.4. The van der Waals surface area contributed by atoms with Crippen LogP contribution in [-0.4, -0.2) is 27.1 Å². The minimum absolute atomic E-state index is 0.148. The van der Waals surface area contributed by atoms with Gasteiger partial charge in [-0.3, -0.25) is 9.59 Å². The lowest BCUT2D eigenvalue weighted by atomic mass is 9.71. The number of pyridine rings is 2. The number of fused-ring (bicyclic) bond motifs is 2. The van der Waals surface area contributed by atoms with E-state index >= 15 is 0 Å². The van der Waals surface area contributed by atoms with Crippen molar-refractivity contribution in [2.45, 2.75) is 52.5 Å². The van der Waals surface area contributed by atoms with Crippen LogP contribution in [-0.2, 0) is 17.6 Å². The van der Waals surface area contributed by atoms with E-state index in [9.17, 15) is 14.4 Å². The van der Waals surface area contributed by atoms with Crippen molar-refractivity contribution >= 4 is 33.9 Å². The molecule has 190 valence electrons. The minimum atomic E-state index is -0.477. The topological polar surface area (TPSA) is 105 Å². The van der Waals surface area contributed by atoms with E-state index in [1.165, 1.54) is 23.0 Å². The fourth-order valence-electron chi connectivity index (χ4n) is 4.94. The van der Waals surface area contributed by atoms with Crippen LogP contribution in [0.15, 0.2) is 53.5 Å². The normalized spacial score (nSPS) is 16.2. The number of carbonyl (C=O) groups is 2. The van der Waals surface area contributed by atoms with Gasteiger partial charge in [-0.05, 0) is 65.0 Å². The predicted octanol–water partition coefficient (Wildman–Crippen LogP) is 5.26. The highest BCUT2D eigenvalue weighted by Crippen LogP contribution is 2.38. The van der Waals surface area contributed by atoms with E-state index in [1.54, 1.807) is 12.3 Å². The van der Waals surface area contributed by atoms with Gasteiger partial charge >= 0.3 is 0 Å². The second-order valence-electron chi connectivity index (χ2n) is 10.7. The molecule has 2 atom stereocenters. The van der Waals surface area contributed by atoms with Crippen molar-refractivity contribution < 1.29 is 9.59 Å². The molecule has 1 aliphatic carbocycles. The molecule has 3 aromatic heterocycles. The number of amides is 1. The summed E-state index contributed by atoms with van der Waals surface area (Å²) in [6.07, 6.45) is 5.66. The van der Waals surface area contributed by atoms with E-state index in [0.29, 0.717) is 10.9 Å². The van der Waals surface area contributed by atoms with Gasteiger partial charge < -0.3 is 15.1 Å². The quantitative estimate of drug-likeness (QED) is 0.342. The zero-order valence-electron chi connectivity index (χ0n) is 21.2. The van der Waals surface area contributed by atoms with Crippen LogP contribution in [0.25, 0.3) is 21.5 Å². The fraction of sp³-hybridized carbons (Fsp3) is 0.345. The summed E-state index contributed by atoms with van der Waals surface area (Å²) in [5, 5.41) is 3.32. The zero-order valence-corrected chi connectivity index (χ0v) is 22.0. The molecule has 1 unspecified atom stereocenters. The number of nitrogens with zero attached hydrogens (tertiary/aromatic N) is 2. The van der Waals surface area contributed by atoms with E-state index < -0.39 is 6.04 Å². The first-order chi connectivity index (χ1) is 17.7. The Labute approximate surface area is 219 Å². The molecular formula is C29H30N4O3S. The summed E-state index contributed by atoms with van der Waals surface area (Å²) in [6.45, 7) is 6.85. The van der Waals surface area contributed by atoms with E-state index in [-0.39, 0.29) is 23.3 Å². The van der Waals surface area contributed by atoms with Crippen LogP contribution < -0.4 is 10.9 Å². The molecule has 0 spiro atoms. The number of thiazole rings is 1. The Morgan fingerprint density at radius 1 is 1.16 bits per heavy atom. The first-order valence-corrected chi connectivity index (χ1v) is 13.4. The Bertz CT molecular complexity index is 1490. The third-order valence-electron chi connectivity index (χ3n) is 7.24. The molecule has 0 bridgehead atoms. The number of H-pyrrole nitrogens is 1. The smallest absolute Gasteiger partial charge is 0.280 e. The molecule has 0 saturated heterocycles. The van der Waals surface area contributed by atoms with Gasteiger partial charge in [0.05, 0.1) is 6.04 Å². The number of rotatable bonds is 6. The van der Waals surface area contributed by atoms with Crippen molar-refractivity contribution in [3.05, 3.63) is 80.8 Å². The SMILES string of the molecule is CC(C)(C)[C@H]1CCc2nc3sc(C(=O)NC(CC=O)c4ccc(-c5ccc(=O)[nH]c5)cc4)nc3cc2C1. The molecule has 0 radical (unpaired) electrons. The maximum atomic E-state index is 13.2. The molecule has 7 nitrogen and oxygen atoms in total. The number of aryl methyl sites for hydroxylation is 1. The van der Waals surface area contributed by atoms with E-state index in [2.05, 4.69) is 42.1 Å². The Hall–Kier alpha value is -3.65. The van der Waals surface area contributed by atoms with Crippen LogP contribution in [0, 0.1) is 11.3 Å². The maximum Gasteiger partial charge on any atom is 0.280 e. The third-order valence-corrected chi connectivity index (χ3v) is 8.20. The molecular weight excluding hydrogens is 484 g/mol. The van der Waals surface area contributed by atoms with Crippen LogP contribution in [0.3, 0.4) is 0 Å². The molecule has 1 aromatic carbocycles. The molecule has 0 aliphatic heterocycles. The van der Waals surface area contributed by atoms with Crippen molar-refractivity contribution in [1.82, 2.24) is 20.3 Å². The summed E-state index contributed by atoms with van der Waals surface area (Å²) >= 11 is 1.29. The molecule has 1 amide bonds. The van der Waals surface area contributed by atoms with Gasteiger partial charge in [-0.25, -0.2) is 9.97 Å². The molecule has 3 heterocycles. The predicted molar refractivity (Wildman–Crippen MR) is 146 cm³/mol. The van der Waals surface area contributed by atoms with Crippen LogP contribution in [0.4, 0.5) is 0 Å². The van der Waals surface area contributed by atoms with Crippen molar-refractivity contribution in [2.24, 2.45) is 11.3 Å². The number of carbonyl (C=O) groups excluding carboxylic acids is 2. The molecule has 0 saturated carbocycles. The molecule has 5 rings (SSSR count). The number of benzene rings is 1. The molecule has 37 heavy (non-hydrogen) atoms. The second kappa shape index (κ2) is 10.0. The third kappa shape index (κ3) is 5.39. The van der Waals surface area contributed by atoms with Crippen LogP contribution in [0.2, 0.25) is 0 Å². The highest BCUT2D eigenvalue weighted by Gasteiger charge is 2.30. The highest BCUT2D eigenvalue weighted by atomic mass is 32.1. The van der Waals surface area contributed by atoms with Crippen LogP contribution in [0.5, 0.6) is 0 Å². The highest BCUT2D eigenvalue weighted by molar-refractivity contribution is 7.19. The van der Waals surface area contributed by atoms with Crippen molar-refractivity contribution in [3.8, 4) is 11.1 Å². The lowest BCUT2D eigenvalue weighted by Crippen LogP contribution is -2.28. The molecule has 8 heteroatoms. The van der Waals surface area contributed by atoms with E-state index in [1.807, 2.05) is 24.3 Å². The monoisotopic (exact) mass is 514 g/mol. The average molecular weight is 515 g/mol. The minimum Gasteiger partial charge on any atom is -0.343 e. The van der Waals surface area contributed by atoms with Gasteiger partial charge in [-0.1, -0.05) is 56.4 Å². The fourth-order valence-corrected chi connectivity index (χ4v) is 5.79. The molecule has 0 fully saturated rings. The van der Waals surface area contributed by atoms with E-state index in [4.69, 9.17) is 4.98 Å². The standard InChI is InChI=1S/C29H30N4O3S/c1-29(2,3)21-9-10-22-20(14-21)15-24-27(32-22)37-28(33-24)26(36)31-23(12-13-34)18-6-4-17(5-7-18)19-8-11-25(35)30-16-19/h4-8,11,13,15-16,21,23H,9-10,12,14H2,1-3H3,(H,30,35)(H,31,36)/t21-,23?/m0/s1. The largest absolute Gasteiger partial charge is 0.343 e. The van der Waals surface area contributed by atoms with Gasteiger partial charge in [0.2, 0.25) is 5.56 Å². The van der Waals surface area contributed by atoms with Gasteiger partial charge in [-0.2, -0.15) is 0 Å². The number of aldehydes is 1. The summed E-state index contributed by atoms with van der Waals surface area (Å²) in [5.74, 6) is 0.283. The van der Waals surface area contributed by atoms with Crippen LogP contribution >= 0.6 is 11.3 Å². The Morgan fingerprint density at radius 2 is 1.92 bits per heavy atom. The number of hydrogen-bond donors (Lipinski definition) is 2. The van der Waals surface area contributed by atoms with Gasteiger partial charge in [0.15, 0.2) is 5.01 Å². The first kappa shape index (κ1) is 25.0. The number of aromatic amines is 1. The molecule has 4 aromatic rings. The lowest BCUT2D eigenvalue weighted by Gasteiger charge is -2.34. The van der Waals surface area contributed by atoms with Gasteiger partial charge in [0, 0.05) is 24.4 Å². The summed E-state index contributed by atoms with van der Waals surface area (Å²) in [7, 11) is 0. The maximum absolute atomic E-state index is 13.2. The zero-order chi connectivity index (χ0) is 26.2. The Morgan fingerprint density at radius 3 is 2.59 bits per heavy atom.